The molecular formula is C18H19BrN2O4S. The number of hydrogen-bond donors (Lipinski definition) is 1. The van der Waals surface area contributed by atoms with Crippen LogP contribution >= 0.6 is 15.9 Å². The molecule has 1 fully saturated rings. The van der Waals surface area contributed by atoms with Gasteiger partial charge in [-0.2, -0.15) is 0 Å². The van der Waals surface area contributed by atoms with Gasteiger partial charge in [0.15, 0.2) is 0 Å². The summed E-state index contributed by atoms with van der Waals surface area (Å²) in [5.41, 5.74) is 1.40. The van der Waals surface area contributed by atoms with Gasteiger partial charge in [-0.25, -0.2) is 13.1 Å². The van der Waals surface area contributed by atoms with E-state index >= 15 is 0 Å². The Morgan fingerprint density at radius 3 is 2.77 bits per heavy atom. The van der Waals surface area contributed by atoms with E-state index in [0.29, 0.717) is 28.9 Å². The Kier molecular flexibility index (Phi) is 4.45. The Morgan fingerprint density at radius 1 is 1.35 bits per heavy atom. The van der Waals surface area contributed by atoms with E-state index in [1.807, 2.05) is 6.07 Å². The second-order valence-electron chi connectivity index (χ2n) is 6.76. The van der Waals surface area contributed by atoms with E-state index in [1.54, 1.807) is 30.0 Å². The lowest BCUT2D eigenvalue weighted by Gasteiger charge is -2.20. The lowest BCUT2D eigenvalue weighted by atomic mass is 10.2. The van der Waals surface area contributed by atoms with Crippen molar-refractivity contribution in [1.82, 2.24) is 4.72 Å². The standard InChI is InChI=1S/C18H19BrN2O4S/c1-11-2-5-15(25-11)10-20-26(23,24)16-9-14(19)8-13-6-7-21(17(13)16)18(22)12-3-4-12/h2,5,8-9,12,20H,3-4,6-7,10H2,1H3. The number of fused-ring (bicyclic) bond motifs is 1. The zero-order chi connectivity index (χ0) is 18.5. The molecule has 0 bridgehead atoms. The van der Waals surface area contributed by atoms with Crippen LogP contribution < -0.4 is 9.62 Å². The number of halogens is 1. The average molecular weight is 439 g/mol. The largest absolute Gasteiger partial charge is 0.465 e. The van der Waals surface area contributed by atoms with E-state index in [-0.39, 0.29) is 23.3 Å². The lowest BCUT2D eigenvalue weighted by molar-refractivity contribution is -0.119. The number of carbonyl (C=O) groups is 1. The zero-order valence-corrected chi connectivity index (χ0v) is 16.7. The van der Waals surface area contributed by atoms with Gasteiger partial charge in [-0.3, -0.25) is 4.79 Å². The molecular weight excluding hydrogens is 420 g/mol. The third-order valence-corrected chi connectivity index (χ3v) is 6.58. The van der Waals surface area contributed by atoms with Gasteiger partial charge in [0, 0.05) is 16.9 Å². The van der Waals surface area contributed by atoms with Crippen molar-refractivity contribution in [2.45, 2.75) is 37.6 Å². The van der Waals surface area contributed by atoms with Crippen LogP contribution in [-0.2, 0) is 27.8 Å². The van der Waals surface area contributed by atoms with Crippen LogP contribution in [0.2, 0.25) is 0 Å². The van der Waals surface area contributed by atoms with Gasteiger partial charge < -0.3 is 9.32 Å². The van der Waals surface area contributed by atoms with E-state index in [1.165, 1.54) is 0 Å². The molecule has 4 rings (SSSR count). The molecule has 1 aromatic heterocycles. The van der Waals surface area contributed by atoms with Crippen LogP contribution in [0.5, 0.6) is 0 Å². The van der Waals surface area contributed by atoms with Crippen LogP contribution in [0.1, 0.15) is 29.9 Å². The summed E-state index contributed by atoms with van der Waals surface area (Å²) in [6, 6.07) is 6.99. The highest BCUT2D eigenvalue weighted by Crippen LogP contribution is 2.41. The molecule has 2 aromatic rings. The zero-order valence-electron chi connectivity index (χ0n) is 14.3. The number of aryl methyl sites for hydroxylation is 1. The second-order valence-corrected chi connectivity index (χ2v) is 9.41. The lowest BCUT2D eigenvalue weighted by Crippen LogP contribution is -2.32. The molecule has 8 heteroatoms. The van der Waals surface area contributed by atoms with Crippen LogP contribution in [0.3, 0.4) is 0 Å². The molecule has 1 aliphatic carbocycles. The van der Waals surface area contributed by atoms with Gasteiger partial charge in [0.1, 0.15) is 16.4 Å². The van der Waals surface area contributed by atoms with Crippen molar-refractivity contribution in [1.29, 1.82) is 0 Å². The van der Waals surface area contributed by atoms with Crippen molar-refractivity contribution in [3.8, 4) is 0 Å². The molecule has 0 spiro atoms. The number of rotatable bonds is 5. The summed E-state index contributed by atoms with van der Waals surface area (Å²) >= 11 is 3.39. The second kappa shape index (κ2) is 6.51. The smallest absolute Gasteiger partial charge is 0.243 e. The number of amides is 1. The van der Waals surface area contributed by atoms with Crippen molar-refractivity contribution < 1.29 is 17.6 Å². The molecule has 6 nitrogen and oxygen atoms in total. The third-order valence-electron chi connectivity index (χ3n) is 4.71. The SMILES string of the molecule is Cc1ccc(CNS(=O)(=O)c2cc(Br)cc3c2N(C(=O)C2CC2)CC3)o1. The van der Waals surface area contributed by atoms with Gasteiger partial charge in [-0.15, -0.1) is 0 Å². The normalized spacial score (nSPS) is 16.8. The summed E-state index contributed by atoms with van der Waals surface area (Å²) in [5, 5.41) is 0. The van der Waals surface area contributed by atoms with Crippen LogP contribution in [-0.4, -0.2) is 20.9 Å². The summed E-state index contributed by atoms with van der Waals surface area (Å²) in [6.07, 6.45) is 2.44. The number of carbonyl (C=O) groups excluding carboxylic acids is 1. The van der Waals surface area contributed by atoms with Crippen LogP contribution in [0.25, 0.3) is 0 Å². The number of benzene rings is 1. The van der Waals surface area contributed by atoms with Crippen molar-refractivity contribution in [3.05, 3.63) is 45.8 Å². The molecule has 1 aromatic carbocycles. The number of furan rings is 1. The van der Waals surface area contributed by atoms with Crippen molar-refractivity contribution in [2.24, 2.45) is 5.92 Å². The number of anilines is 1. The topological polar surface area (TPSA) is 79.6 Å². The maximum atomic E-state index is 13.0. The number of nitrogens with zero attached hydrogens (tertiary/aromatic N) is 1. The summed E-state index contributed by atoms with van der Waals surface area (Å²) < 4.78 is 34.6. The van der Waals surface area contributed by atoms with E-state index in [2.05, 4.69) is 20.7 Å². The first kappa shape index (κ1) is 17.8. The van der Waals surface area contributed by atoms with Crippen LogP contribution in [0, 0.1) is 12.8 Å². The highest BCUT2D eigenvalue weighted by atomic mass is 79.9. The minimum atomic E-state index is -3.80. The first-order valence-corrected chi connectivity index (χ1v) is 10.8. The molecule has 26 heavy (non-hydrogen) atoms. The predicted octanol–water partition coefficient (Wildman–Crippen LogP) is 3.13. The maximum Gasteiger partial charge on any atom is 0.243 e. The van der Waals surface area contributed by atoms with E-state index in [0.717, 1.165) is 24.2 Å². The predicted molar refractivity (Wildman–Crippen MR) is 100 cm³/mol. The number of nitrogens with one attached hydrogen (secondary N) is 1. The molecule has 0 radical (unpaired) electrons. The van der Waals surface area contributed by atoms with Crippen molar-refractivity contribution in [2.75, 3.05) is 11.4 Å². The van der Waals surface area contributed by atoms with Gasteiger partial charge in [-0.1, -0.05) is 15.9 Å². The summed E-state index contributed by atoms with van der Waals surface area (Å²) in [7, 11) is -3.80. The molecule has 0 atom stereocenters. The van der Waals surface area contributed by atoms with Gasteiger partial charge >= 0.3 is 0 Å². The van der Waals surface area contributed by atoms with Gasteiger partial charge in [0.05, 0.1) is 12.2 Å². The Hall–Kier alpha value is -1.64. The molecule has 1 N–H and O–H groups in total. The van der Waals surface area contributed by atoms with Crippen LogP contribution in [0.15, 0.2) is 38.1 Å². The Bertz CT molecular complexity index is 979. The summed E-state index contributed by atoms with van der Waals surface area (Å²) in [4.78, 5) is 14.4. The van der Waals surface area contributed by atoms with E-state index < -0.39 is 10.0 Å². The molecule has 0 unspecified atom stereocenters. The van der Waals surface area contributed by atoms with Crippen molar-refractivity contribution >= 4 is 37.5 Å². The summed E-state index contributed by atoms with van der Waals surface area (Å²) in [5.74, 6) is 1.34. The molecule has 1 aliphatic heterocycles. The number of sulfonamides is 1. The summed E-state index contributed by atoms with van der Waals surface area (Å²) in [6.45, 7) is 2.40. The number of hydrogen-bond acceptors (Lipinski definition) is 4. The molecule has 1 saturated carbocycles. The van der Waals surface area contributed by atoms with Gasteiger partial charge in [0.2, 0.25) is 15.9 Å². The Morgan fingerprint density at radius 2 is 2.12 bits per heavy atom. The fourth-order valence-electron chi connectivity index (χ4n) is 3.27. The van der Waals surface area contributed by atoms with Gasteiger partial charge in [-0.05, 0) is 56.0 Å². The van der Waals surface area contributed by atoms with E-state index in [4.69, 9.17) is 4.42 Å². The molecule has 2 heterocycles. The first-order chi connectivity index (χ1) is 12.3. The van der Waals surface area contributed by atoms with Gasteiger partial charge in [0.25, 0.3) is 0 Å². The Labute approximate surface area is 160 Å². The molecule has 138 valence electrons. The fraction of sp³-hybridized carbons (Fsp3) is 0.389. The average Bonchev–Trinajstić information content (AvgIpc) is 3.23. The molecule has 2 aliphatic rings. The molecule has 0 saturated heterocycles. The quantitative estimate of drug-likeness (QED) is 0.777. The third kappa shape index (κ3) is 3.33. The Balaban J connectivity index is 1.68. The highest BCUT2D eigenvalue weighted by molar-refractivity contribution is 9.10. The van der Waals surface area contributed by atoms with Crippen molar-refractivity contribution in [3.63, 3.8) is 0 Å². The molecule has 1 amide bonds. The van der Waals surface area contributed by atoms with Crippen LogP contribution in [0.4, 0.5) is 5.69 Å². The fourth-order valence-corrected chi connectivity index (χ4v) is 5.19. The van der Waals surface area contributed by atoms with E-state index in [9.17, 15) is 13.2 Å². The monoisotopic (exact) mass is 438 g/mol. The highest BCUT2D eigenvalue weighted by Gasteiger charge is 2.39. The minimum Gasteiger partial charge on any atom is -0.465 e. The first-order valence-electron chi connectivity index (χ1n) is 8.54. The maximum absolute atomic E-state index is 13.0. The minimum absolute atomic E-state index is 0.0316.